The van der Waals surface area contributed by atoms with Gasteiger partial charge in [0.2, 0.25) is 11.8 Å². The molecule has 11 heteroatoms. The van der Waals surface area contributed by atoms with E-state index in [1.807, 2.05) is 0 Å². The summed E-state index contributed by atoms with van der Waals surface area (Å²) in [5, 5.41) is 3.12. The van der Waals surface area contributed by atoms with Gasteiger partial charge in [0.25, 0.3) is 0 Å². The molecule has 0 unspecified atom stereocenters. The predicted octanol–water partition coefficient (Wildman–Crippen LogP) is 5.08. The summed E-state index contributed by atoms with van der Waals surface area (Å²) in [6, 6.07) is 12.5. The van der Waals surface area contributed by atoms with Crippen LogP contribution in [-0.4, -0.2) is 53.0 Å². The highest BCUT2D eigenvalue weighted by atomic mass is 35.5. The van der Waals surface area contributed by atoms with Gasteiger partial charge in [-0.2, -0.15) is 8.78 Å². The lowest BCUT2D eigenvalue weighted by molar-refractivity contribution is -0.129. The van der Waals surface area contributed by atoms with E-state index in [2.05, 4.69) is 15.0 Å². The van der Waals surface area contributed by atoms with E-state index in [1.54, 1.807) is 29.2 Å². The Labute approximate surface area is 204 Å². The minimum atomic E-state index is -2.91. The Morgan fingerprint density at radius 3 is 2.62 bits per heavy atom. The number of alkyl halides is 2. The third-order valence-corrected chi connectivity index (χ3v) is 6.64. The number of amidine groups is 1. The Morgan fingerprint density at radius 2 is 1.97 bits per heavy atom. The molecule has 2 aliphatic rings. The summed E-state index contributed by atoms with van der Waals surface area (Å²) < 4.78 is 34.8. The van der Waals surface area contributed by atoms with Crippen molar-refractivity contribution in [1.29, 1.82) is 0 Å². The normalized spacial score (nSPS) is 21.5. The van der Waals surface area contributed by atoms with E-state index in [-0.39, 0.29) is 30.1 Å². The fourth-order valence-electron chi connectivity index (χ4n) is 3.61. The molecule has 180 valence electrons. The van der Waals surface area contributed by atoms with Gasteiger partial charge in [0, 0.05) is 23.7 Å². The van der Waals surface area contributed by atoms with Crippen LogP contribution in [0.2, 0.25) is 5.02 Å². The van der Waals surface area contributed by atoms with Crippen LogP contribution in [0.25, 0.3) is 0 Å². The Balaban J connectivity index is 1.48. The zero-order valence-corrected chi connectivity index (χ0v) is 19.5. The van der Waals surface area contributed by atoms with Gasteiger partial charge in [-0.25, -0.2) is 4.99 Å². The number of carbonyl (C=O) groups excluding carboxylic acids is 2. The molecule has 4 rings (SSSR count). The first kappa shape index (κ1) is 24.4. The first-order chi connectivity index (χ1) is 16.4. The molecule has 7 nitrogen and oxygen atoms in total. The molecule has 0 bridgehead atoms. The highest BCUT2D eigenvalue weighted by Crippen LogP contribution is 2.33. The lowest BCUT2D eigenvalue weighted by Crippen LogP contribution is -2.38. The average Bonchev–Trinajstić information content (AvgIpc) is 3.41. The van der Waals surface area contributed by atoms with Gasteiger partial charge in [-0.1, -0.05) is 23.4 Å². The van der Waals surface area contributed by atoms with E-state index in [0.717, 1.165) is 12.8 Å². The van der Waals surface area contributed by atoms with Gasteiger partial charge in [0.1, 0.15) is 11.0 Å². The molecule has 1 N–H and O–H groups in total. The summed E-state index contributed by atoms with van der Waals surface area (Å²) in [4.78, 5) is 31.8. The van der Waals surface area contributed by atoms with E-state index in [4.69, 9.17) is 16.3 Å². The molecule has 0 radical (unpaired) electrons. The summed E-state index contributed by atoms with van der Waals surface area (Å²) in [5.74, 6) is -0.509. The number of thioether (sulfide) groups is 1. The zero-order valence-electron chi connectivity index (χ0n) is 18.0. The molecule has 2 amide bonds. The van der Waals surface area contributed by atoms with Crippen LogP contribution in [-0.2, 0) is 14.3 Å². The second-order valence-electron chi connectivity index (χ2n) is 7.72. The van der Waals surface area contributed by atoms with Crippen LogP contribution in [0.15, 0.2) is 53.5 Å². The van der Waals surface area contributed by atoms with Crippen molar-refractivity contribution in [1.82, 2.24) is 4.90 Å². The number of amides is 2. The maximum Gasteiger partial charge on any atom is 0.387 e. The molecule has 0 aliphatic carbocycles. The van der Waals surface area contributed by atoms with Crippen molar-refractivity contribution in [3.63, 3.8) is 0 Å². The number of rotatable bonds is 8. The van der Waals surface area contributed by atoms with Crippen molar-refractivity contribution in [2.75, 3.05) is 18.5 Å². The van der Waals surface area contributed by atoms with E-state index >= 15 is 0 Å². The van der Waals surface area contributed by atoms with Crippen molar-refractivity contribution in [3.8, 4) is 5.75 Å². The Bertz CT molecular complexity index is 1050. The number of hydrogen-bond acceptors (Lipinski definition) is 6. The van der Waals surface area contributed by atoms with Gasteiger partial charge in [0.15, 0.2) is 5.17 Å². The molecule has 2 heterocycles. The molecule has 0 saturated carbocycles. The van der Waals surface area contributed by atoms with Crippen molar-refractivity contribution in [2.45, 2.75) is 37.2 Å². The van der Waals surface area contributed by atoms with E-state index in [1.165, 1.54) is 36.0 Å². The quantitative estimate of drug-likeness (QED) is 0.536. The number of carbonyl (C=O) groups is 2. The number of halogens is 3. The highest BCUT2D eigenvalue weighted by molar-refractivity contribution is 8.15. The maximum atomic E-state index is 13.2. The van der Waals surface area contributed by atoms with E-state index in [0.29, 0.717) is 34.7 Å². The third-order valence-electron chi connectivity index (χ3n) is 5.22. The van der Waals surface area contributed by atoms with Crippen molar-refractivity contribution < 1.29 is 27.8 Å². The molecule has 34 heavy (non-hydrogen) atoms. The van der Waals surface area contributed by atoms with Gasteiger partial charge in [0.05, 0.1) is 18.3 Å². The van der Waals surface area contributed by atoms with Gasteiger partial charge < -0.3 is 14.8 Å². The van der Waals surface area contributed by atoms with Crippen LogP contribution in [0.3, 0.4) is 0 Å². The Morgan fingerprint density at radius 1 is 1.24 bits per heavy atom. The first-order valence-electron chi connectivity index (χ1n) is 10.7. The largest absolute Gasteiger partial charge is 0.435 e. The summed E-state index contributed by atoms with van der Waals surface area (Å²) in [6.45, 7) is -1.93. The monoisotopic (exact) mass is 509 g/mol. The number of benzene rings is 2. The number of nitrogens with zero attached hydrogens (tertiary/aromatic N) is 2. The molecule has 0 aromatic heterocycles. The molecule has 2 fully saturated rings. The minimum Gasteiger partial charge on any atom is -0.435 e. The Kier molecular flexibility index (Phi) is 8.02. The predicted molar refractivity (Wildman–Crippen MR) is 127 cm³/mol. The number of aliphatic imine (C=N–C) groups is 1. The van der Waals surface area contributed by atoms with Crippen molar-refractivity contribution >= 4 is 51.7 Å². The van der Waals surface area contributed by atoms with Crippen LogP contribution in [0, 0.1) is 0 Å². The fraction of sp³-hybridized carbons (Fsp3) is 0.348. The molecule has 2 saturated heterocycles. The lowest BCUT2D eigenvalue weighted by Gasteiger charge is -2.20. The molecule has 0 spiro atoms. The van der Waals surface area contributed by atoms with Crippen LogP contribution < -0.4 is 10.1 Å². The SMILES string of the molecule is O=C(C[C@@H]1SC(=Nc2ccc(OC(F)F)cc2)N(C[C@@H]2CCCO2)C1=O)Nc1ccc(Cl)cc1. The molecular formula is C23H22ClF2N3O4S. The molecular weight excluding hydrogens is 488 g/mol. The second-order valence-corrected chi connectivity index (χ2v) is 9.32. The number of nitrogens with one attached hydrogen (secondary N) is 1. The van der Waals surface area contributed by atoms with E-state index in [9.17, 15) is 18.4 Å². The van der Waals surface area contributed by atoms with E-state index < -0.39 is 11.9 Å². The smallest absolute Gasteiger partial charge is 0.387 e. The molecule has 2 aromatic rings. The average molecular weight is 510 g/mol. The van der Waals surface area contributed by atoms with Crippen LogP contribution in [0.1, 0.15) is 19.3 Å². The maximum absolute atomic E-state index is 13.2. The fourth-order valence-corrected chi connectivity index (χ4v) is 4.90. The van der Waals surface area contributed by atoms with Crippen molar-refractivity contribution in [2.24, 2.45) is 4.99 Å². The minimum absolute atomic E-state index is 0.0158. The second kappa shape index (κ2) is 11.2. The third kappa shape index (κ3) is 6.46. The standard InChI is InChI=1S/C23H22ClF2N3O4S/c24-14-3-5-15(6-4-14)27-20(30)12-19-21(31)29(13-18-2-1-11-32-18)23(34-19)28-16-7-9-17(10-8-16)33-22(25)26/h3-10,18-19,22H,1-2,11-13H2,(H,27,30)/t18-,19-/m0/s1. The lowest BCUT2D eigenvalue weighted by atomic mass is 10.2. The van der Waals surface area contributed by atoms with Crippen LogP contribution >= 0.6 is 23.4 Å². The van der Waals surface area contributed by atoms with Gasteiger partial charge >= 0.3 is 6.61 Å². The molecule has 2 aromatic carbocycles. The van der Waals surface area contributed by atoms with Gasteiger partial charge in [-0.05, 0) is 61.4 Å². The number of anilines is 1. The van der Waals surface area contributed by atoms with Crippen LogP contribution in [0.4, 0.5) is 20.2 Å². The van der Waals surface area contributed by atoms with Crippen molar-refractivity contribution in [3.05, 3.63) is 53.6 Å². The Hall–Kier alpha value is -2.69. The first-order valence-corrected chi connectivity index (χ1v) is 11.9. The van der Waals surface area contributed by atoms with Gasteiger partial charge in [-0.15, -0.1) is 0 Å². The summed E-state index contributed by atoms with van der Waals surface area (Å²) >= 11 is 7.07. The summed E-state index contributed by atoms with van der Waals surface area (Å²) in [7, 11) is 0. The topological polar surface area (TPSA) is 80.2 Å². The molecule has 2 atom stereocenters. The number of ether oxygens (including phenoxy) is 2. The highest BCUT2D eigenvalue weighted by Gasteiger charge is 2.40. The molecule has 2 aliphatic heterocycles. The number of hydrogen-bond donors (Lipinski definition) is 1. The summed E-state index contributed by atoms with van der Waals surface area (Å²) in [6.07, 6.45) is 1.63. The van der Waals surface area contributed by atoms with Gasteiger partial charge in [-0.3, -0.25) is 14.5 Å². The summed E-state index contributed by atoms with van der Waals surface area (Å²) in [5.41, 5.74) is 1.06. The van der Waals surface area contributed by atoms with Crippen LogP contribution in [0.5, 0.6) is 5.75 Å². The zero-order chi connectivity index (χ0) is 24.1.